The van der Waals surface area contributed by atoms with Crippen LogP contribution in [0.25, 0.3) is 11.3 Å². The van der Waals surface area contributed by atoms with Gasteiger partial charge in [-0.3, -0.25) is 4.68 Å². The van der Waals surface area contributed by atoms with Gasteiger partial charge in [-0.25, -0.2) is 14.8 Å². The smallest absolute Gasteiger partial charge is 0.358 e. The molecule has 0 amide bonds. The highest BCUT2D eigenvalue weighted by molar-refractivity contribution is 5.90. The number of ether oxygens (including phenoxy) is 1. The number of carbonyl (C=O) groups is 1. The molecule has 0 aliphatic carbocycles. The monoisotopic (exact) mass is 451 g/mol. The van der Waals surface area contributed by atoms with Gasteiger partial charge >= 0.3 is 5.97 Å². The van der Waals surface area contributed by atoms with Crippen molar-refractivity contribution in [1.82, 2.24) is 30.0 Å². The second-order valence-electron chi connectivity index (χ2n) is 7.90. The van der Waals surface area contributed by atoms with Gasteiger partial charge in [0.1, 0.15) is 0 Å². The number of carboxylic acid groups (broad SMARTS) is 1. The molecule has 170 valence electrons. The van der Waals surface area contributed by atoms with E-state index in [0.717, 1.165) is 70.6 Å². The minimum absolute atomic E-state index is 0. The third-order valence-corrected chi connectivity index (χ3v) is 5.88. The maximum absolute atomic E-state index is 11.2. The van der Waals surface area contributed by atoms with Crippen molar-refractivity contribution in [3.8, 4) is 11.3 Å². The Hall–Kier alpha value is -2.27. The zero-order chi connectivity index (χ0) is 20.9. The van der Waals surface area contributed by atoms with Crippen LogP contribution in [-0.4, -0.2) is 81.2 Å². The molecule has 0 atom stereocenters. The number of nitrogens with two attached hydrogens (primary N) is 1. The summed E-state index contributed by atoms with van der Waals surface area (Å²) in [6.07, 6.45) is 9.74. The summed E-state index contributed by atoms with van der Waals surface area (Å²) in [5.41, 5.74) is 6.55. The van der Waals surface area contributed by atoms with Gasteiger partial charge in [-0.2, -0.15) is 5.10 Å². The van der Waals surface area contributed by atoms with Gasteiger partial charge in [0.15, 0.2) is 11.5 Å². The summed E-state index contributed by atoms with van der Waals surface area (Å²) in [6.45, 7) is 5.91. The molecule has 0 aromatic carbocycles. The maximum Gasteiger partial charge on any atom is 0.358 e. The molecule has 10 nitrogen and oxygen atoms in total. The highest BCUT2D eigenvalue weighted by atomic mass is 35.5. The van der Waals surface area contributed by atoms with E-state index in [9.17, 15) is 9.90 Å². The second-order valence-corrected chi connectivity index (χ2v) is 7.90. The van der Waals surface area contributed by atoms with Gasteiger partial charge in [0.25, 0.3) is 0 Å². The fourth-order valence-corrected chi connectivity index (χ4v) is 4.08. The SMILES string of the molecule is Cl.Nc1ncc(-c2cnn(C3CCN(CCOC4CCNCC4)CC3)c2)nc1C(=O)O. The molecule has 2 aromatic heterocycles. The predicted octanol–water partition coefficient (Wildman–Crippen LogP) is 1.45. The number of aromatic nitrogens is 4. The minimum atomic E-state index is -1.19. The van der Waals surface area contributed by atoms with E-state index in [-0.39, 0.29) is 23.9 Å². The molecule has 0 saturated carbocycles. The fraction of sp³-hybridized carbons (Fsp3) is 0.600. The number of hydrogen-bond acceptors (Lipinski definition) is 8. The Balaban J connectivity index is 0.00000272. The lowest BCUT2D eigenvalue weighted by molar-refractivity contribution is 0.0156. The Morgan fingerprint density at radius 3 is 2.68 bits per heavy atom. The van der Waals surface area contributed by atoms with Crippen molar-refractivity contribution in [3.63, 3.8) is 0 Å². The van der Waals surface area contributed by atoms with Crippen LogP contribution < -0.4 is 11.1 Å². The van der Waals surface area contributed by atoms with Crippen LogP contribution in [0.2, 0.25) is 0 Å². The summed E-state index contributed by atoms with van der Waals surface area (Å²) in [5.74, 6) is -1.28. The number of nitrogens with one attached hydrogen (secondary N) is 1. The third-order valence-electron chi connectivity index (χ3n) is 5.88. The van der Waals surface area contributed by atoms with Crippen LogP contribution in [-0.2, 0) is 4.74 Å². The summed E-state index contributed by atoms with van der Waals surface area (Å²) in [5, 5.41) is 17.0. The van der Waals surface area contributed by atoms with Gasteiger partial charge in [-0.1, -0.05) is 0 Å². The molecule has 2 aliphatic rings. The minimum Gasteiger partial charge on any atom is -0.476 e. The first-order chi connectivity index (χ1) is 14.6. The first kappa shape index (κ1) is 23.4. The number of rotatable bonds is 7. The number of piperidine rings is 2. The van der Waals surface area contributed by atoms with Gasteiger partial charge in [-0.15, -0.1) is 12.4 Å². The van der Waals surface area contributed by atoms with Crippen LogP contribution in [0.3, 0.4) is 0 Å². The molecule has 0 bridgehead atoms. The molecule has 4 heterocycles. The molecule has 2 aromatic rings. The number of aromatic carboxylic acids is 1. The lowest BCUT2D eigenvalue weighted by Crippen LogP contribution is -2.38. The number of likely N-dealkylation sites (tertiary alicyclic amines) is 1. The first-order valence-electron chi connectivity index (χ1n) is 10.5. The average molecular weight is 452 g/mol. The van der Waals surface area contributed by atoms with Gasteiger partial charge in [0.05, 0.1) is 36.8 Å². The van der Waals surface area contributed by atoms with E-state index in [1.807, 2.05) is 10.9 Å². The van der Waals surface area contributed by atoms with Crippen LogP contribution in [0, 0.1) is 0 Å². The van der Waals surface area contributed by atoms with E-state index in [2.05, 4.69) is 25.3 Å². The number of halogens is 1. The Labute approximate surface area is 187 Å². The lowest BCUT2D eigenvalue weighted by atomic mass is 10.1. The normalized spacial score (nSPS) is 18.6. The van der Waals surface area contributed by atoms with Crippen LogP contribution >= 0.6 is 12.4 Å². The van der Waals surface area contributed by atoms with Crippen LogP contribution in [0.1, 0.15) is 42.2 Å². The largest absolute Gasteiger partial charge is 0.476 e. The van der Waals surface area contributed by atoms with Crippen molar-refractivity contribution in [2.75, 3.05) is 45.1 Å². The molecule has 4 N–H and O–H groups in total. The Morgan fingerprint density at radius 2 is 1.97 bits per heavy atom. The van der Waals surface area contributed by atoms with E-state index < -0.39 is 5.97 Å². The van der Waals surface area contributed by atoms with Crippen molar-refractivity contribution < 1.29 is 14.6 Å². The zero-order valence-electron chi connectivity index (χ0n) is 17.4. The van der Waals surface area contributed by atoms with Crippen molar-refractivity contribution in [1.29, 1.82) is 0 Å². The molecule has 2 fully saturated rings. The van der Waals surface area contributed by atoms with Gasteiger partial charge in [0.2, 0.25) is 0 Å². The molecule has 31 heavy (non-hydrogen) atoms. The molecular weight excluding hydrogens is 422 g/mol. The van der Waals surface area contributed by atoms with E-state index in [0.29, 0.717) is 17.8 Å². The first-order valence-corrected chi connectivity index (χ1v) is 10.5. The van der Waals surface area contributed by atoms with Crippen molar-refractivity contribution in [3.05, 3.63) is 24.3 Å². The predicted molar refractivity (Wildman–Crippen MR) is 118 cm³/mol. The van der Waals surface area contributed by atoms with Crippen LogP contribution in [0.15, 0.2) is 18.6 Å². The summed E-state index contributed by atoms with van der Waals surface area (Å²) >= 11 is 0. The Morgan fingerprint density at radius 1 is 1.23 bits per heavy atom. The highest BCUT2D eigenvalue weighted by Crippen LogP contribution is 2.25. The van der Waals surface area contributed by atoms with Crippen LogP contribution in [0.4, 0.5) is 5.82 Å². The van der Waals surface area contributed by atoms with E-state index in [1.54, 1.807) is 6.20 Å². The highest BCUT2D eigenvalue weighted by Gasteiger charge is 2.22. The molecule has 4 rings (SSSR count). The van der Waals surface area contributed by atoms with Crippen molar-refractivity contribution in [2.45, 2.75) is 37.8 Å². The fourth-order valence-electron chi connectivity index (χ4n) is 4.08. The quantitative estimate of drug-likeness (QED) is 0.572. The van der Waals surface area contributed by atoms with Crippen molar-refractivity contribution in [2.24, 2.45) is 0 Å². The summed E-state index contributed by atoms with van der Waals surface area (Å²) in [6, 6.07) is 0.320. The molecular formula is C20H30ClN7O3. The summed E-state index contributed by atoms with van der Waals surface area (Å²) in [4.78, 5) is 21.7. The average Bonchev–Trinajstić information content (AvgIpc) is 3.25. The molecule has 2 aliphatic heterocycles. The molecule has 0 unspecified atom stereocenters. The zero-order valence-corrected chi connectivity index (χ0v) is 18.3. The Kier molecular flexibility index (Phi) is 8.19. The Bertz CT molecular complexity index is 864. The van der Waals surface area contributed by atoms with E-state index in [1.165, 1.54) is 6.20 Å². The molecule has 0 radical (unpaired) electrons. The second kappa shape index (κ2) is 10.9. The topological polar surface area (TPSA) is 131 Å². The number of anilines is 1. The van der Waals surface area contributed by atoms with Gasteiger partial charge in [0, 0.05) is 31.4 Å². The third kappa shape index (κ3) is 5.91. The van der Waals surface area contributed by atoms with E-state index in [4.69, 9.17) is 10.5 Å². The summed E-state index contributed by atoms with van der Waals surface area (Å²) in [7, 11) is 0. The van der Waals surface area contributed by atoms with Crippen LogP contribution in [0.5, 0.6) is 0 Å². The van der Waals surface area contributed by atoms with Gasteiger partial charge in [-0.05, 0) is 38.8 Å². The lowest BCUT2D eigenvalue weighted by Gasteiger charge is -2.32. The molecule has 2 saturated heterocycles. The summed E-state index contributed by atoms with van der Waals surface area (Å²) < 4.78 is 7.98. The van der Waals surface area contributed by atoms with E-state index >= 15 is 0 Å². The van der Waals surface area contributed by atoms with Crippen molar-refractivity contribution >= 4 is 24.2 Å². The van der Waals surface area contributed by atoms with Gasteiger partial charge < -0.3 is 25.8 Å². The number of nitrogens with zero attached hydrogens (tertiary/aromatic N) is 5. The molecule has 0 spiro atoms. The maximum atomic E-state index is 11.2. The number of hydrogen-bond donors (Lipinski definition) is 3. The number of nitrogen functional groups attached to an aromatic ring is 1. The molecule has 11 heteroatoms. The number of carboxylic acids is 1. The standard InChI is InChI=1S/C20H29N7O3.ClH/c21-19-18(20(28)29)25-17(12-23-19)14-11-24-27(13-14)15-3-7-26(8-4-15)9-10-30-16-1-5-22-6-2-16;/h11-13,15-16,22H,1-10H2,(H2,21,23)(H,28,29);1H.